The highest BCUT2D eigenvalue weighted by atomic mass is 32.2. The van der Waals surface area contributed by atoms with E-state index in [-0.39, 0.29) is 17.2 Å². The average molecular weight is 274 g/mol. The third-order valence-electron chi connectivity index (χ3n) is 2.19. The summed E-state index contributed by atoms with van der Waals surface area (Å²) in [4.78, 5) is 9.76. The number of rotatable bonds is 6. The summed E-state index contributed by atoms with van der Waals surface area (Å²) < 4.78 is 30.8. The summed E-state index contributed by atoms with van der Waals surface area (Å²) in [5, 5.41) is 10.9. The van der Waals surface area contributed by atoms with E-state index in [1.54, 1.807) is 6.92 Å². The number of hydrogen-bond donors (Lipinski definition) is 1. The first-order valence-electron chi connectivity index (χ1n) is 5.24. The minimum atomic E-state index is -3.87. The first-order chi connectivity index (χ1) is 8.42. The highest BCUT2D eigenvalue weighted by Crippen LogP contribution is 2.27. The van der Waals surface area contributed by atoms with Gasteiger partial charge < -0.3 is 4.74 Å². The number of nitrogens with zero attached hydrogens (tertiary/aromatic N) is 1. The molecule has 18 heavy (non-hydrogen) atoms. The molecule has 0 bridgehead atoms. The highest BCUT2D eigenvalue weighted by molar-refractivity contribution is 7.89. The summed E-state index contributed by atoms with van der Waals surface area (Å²) >= 11 is 0. The monoisotopic (exact) mass is 274 g/mol. The van der Waals surface area contributed by atoms with Crippen molar-refractivity contribution in [3.05, 3.63) is 28.3 Å². The van der Waals surface area contributed by atoms with E-state index >= 15 is 0 Å². The molecule has 0 atom stereocenters. The minimum absolute atomic E-state index is 0.228. The van der Waals surface area contributed by atoms with Crippen molar-refractivity contribution in [3.8, 4) is 5.75 Å². The zero-order valence-corrected chi connectivity index (χ0v) is 10.9. The second-order valence-electron chi connectivity index (χ2n) is 3.49. The Morgan fingerprint density at radius 3 is 2.61 bits per heavy atom. The molecule has 1 N–H and O–H groups in total. The Balaban J connectivity index is 3.27. The molecule has 0 heterocycles. The number of benzene rings is 1. The molecule has 0 aromatic heterocycles. The normalized spacial score (nSPS) is 11.2. The maximum absolute atomic E-state index is 11.9. The topological polar surface area (TPSA) is 98.5 Å². The Hall–Kier alpha value is -1.67. The molecule has 8 heteroatoms. The summed E-state index contributed by atoms with van der Waals surface area (Å²) in [6, 6.07) is 3.61. The van der Waals surface area contributed by atoms with Crippen molar-refractivity contribution < 1.29 is 18.1 Å². The first kappa shape index (κ1) is 14.4. The van der Waals surface area contributed by atoms with Gasteiger partial charge in [0.25, 0.3) is 5.69 Å². The fourth-order valence-corrected chi connectivity index (χ4v) is 2.59. The lowest BCUT2D eigenvalue weighted by Crippen LogP contribution is -2.25. The highest BCUT2D eigenvalue weighted by Gasteiger charge is 2.25. The zero-order chi connectivity index (χ0) is 13.8. The largest absolute Gasteiger partial charge is 0.497 e. The van der Waals surface area contributed by atoms with Gasteiger partial charge in [-0.1, -0.05) is 6.92 Å². The van der Waals surface area contributed by atoms with Crippen LogP contribution in [0, 0.1) is 10.1 Å². The number of methoxy groups -OCH3 is 1. The molecule has 0 radical (unpaired) electrons. The van der Waals surface area contributed by atoms with Gasteiger partial charge >= 0.3 is 0 Å². The van der Waals surface area contributed by atoms with Crippen molar-refractivity contribution in [1.82, 2.24) is 4.72 Å². The fraction of sp³-hybridized carbons (Fsp3) is 0.400. The van der Waals surface area contributed by atoms with E-state index in [4.69, 9.17) is 4.74 Å². The van der Waals surface area contributed by atoms with Gasteiger partial charge in [-0.15, -0.1) is 0 Å². The molecule has 0 saturated carbocycles. The van der Waals surface area contributed by atoms with Gasteiger partial charge in [-0.05, 0) is 18.6 Å². The van der Waals surface area contributed by atoms with E-state index in [9.17, 15) is 18.5 Å². The number of ether oxygens (including phenoxy) is 1. The van der Waals surface area contributed by atoms with E-state index in [0.717, 1.165) is 12.1 Å². The van der Waals surface area contributed by atoms with Gasteiger partial charge in [0.05, 0.1) is 18.1 Å². The lowest BCUT2D eigenvalue weighted by atomic mass is 10.3. The average Bonchev–Trinajstić information content (AvgIpc) is 2.35. The summed E-state index contributed by atoms with van der Waals surface area (Å²) in [6.07, 6.45) is 0.600. The molecule has 0 aliphatic carbocycles. The van der Waals surface area contributed by atoms with Gasteiger partial charge in [0, 0.05) is 6.54 Å². The van der Waals surface area contributed by atoms with Crippen molar-refractivity contribution in [2.45, 2.75) is 18.2 Å². The Bertz CT molecular complexity index is 541. The summed E-state index contributed by atoms with van der Waals surface area (Å²) in [6.45, 7) is 2.02. The van der Waals surface area contributed by atoms with Crippen LogP contribution in [-0.2, 0) is 10.0 Å². The van der Waals surface area contributed by atoms with E-state index in [1.807, 2.05) is 0 Å². The summed E-state index contributed by atoms with van der Waals surface area (Å²) in [5.74, 6) is 0.233. The second kappa shape index (κ2) is 5.78. The van der Waals surface area contributed by atoms with Crippen LogP contribution in [0.3, 0.4) is 0 Å². The van der Waals surface area contributed by atoms with E-state index in [1.165, 1.54) is 13.2 Å². The maximum Gasteiger partial charge on any atom is 0.293 e. The number of nitrogens with one attached hydrogen (secondary N) is 1. The van der Waals surface area contributed by atoms with Crippen molar-refractivity contribution in [1.29, 1.82) is 0 Å². The van der Waals surface area contributed by atoms with Gasteiger partial charge in [-0.3, -0.25) is 10.1 Å². The van der Waals surface area contributed by atoms with Crippen LogP contribution in [0.1, 0.15) is 13.3 Å². The lowest BCUT2D eigenvalue weighted by Gasteiger charge is -2.07. The maximum atomic E-state index is 11.9. The molecule has 100 valence electrons. The van der Waals surface area contributed by atoms with Crippen LogP contribution in [0.4, 0.5) is 5.69 Å². The molecule has 7 nitrogen and oxygen atoms in total. The SMILES string of the molecule is CCCNS(=O)(=O)c1ccc(OC)cc1[N+](=O)[O-]. The van der Waals surface area contributed by atoms with Crippen LogP contribution < -0.4 is 9.46 Å². The van der Waals surface area contributed by atoms with E-state index in [2.05, 4.69) is 4.72 Å². The zero-order valence-electron chi connectivity index (χ0n) is 10.0. The molecule has 0 saturated heterocycles. The van der Waals surface area contributed by atoms with Gasteiger partial charge in [0.2, 0.25) is 10.0 Å². The molecule has 0 aliphatic heterocycles. The lowest BCUT2D eigenvalue weighted by molar-refractivity contribution is -0.387. The van der Waals surface area contributed by atoms with E-state index in [0.29, 0.717) is 6.42 Å². The van der Waals surface area contributed by atoms with Gasteiger partial charge in [0.15, 0.2) is 4.90 Å². The Kier molecular flexibility index (Phi) is 4.62. The summed E-state index contributed by atoms with van der Waals surface area (Å²) in [7, 11) is -2.52. The van der Waals surface area contributed by atoms with Crippen LogP contribution in [0.15, 0.2) is 23.1 Å². The van der Waals surface area contributed by atoms with Crippen LogP contribution in [-0.4, -0.2) is 27.0 Å². The molecule has 0 amide bonds. The molecule has 0 fully saturated rings. The number of nitro benzene ring substituents is 1. The first-order valence-corrected chi connectivity index (χ1v) is 6.72. The molecule has 0 spiro atoms. The Labute approximate surface area is 105 Å². The van der Waals surface area contributed by atoms with Crippen molar-refractivity contribution in [2.24, 2.45) is 0 Å². The van der Waals surface area contributed by atoms with Crippen LogP contribution in [0.5, 0.6) is 5.75 Å². The molecular formula is C10H14N2O5S. The third kappa shape index (κ3) is 3.17. The number of hydrogen-bond acceptors (Lipinski definition) is 5. The quantitative estimate of drug-likeness (QED) is 0.622. The van der Waals surface area contributed by atoms with Crippen LogP contribution in [0.25, 0.3) is 0 Å². The van der Waals surface area contributed by atoms with Gasteiger partial charge in [-0.25, -0.2) is 13.1 Å². The predicted octanol–water partition coefficient (Wildman–Crippen LogP) is 1.29. The molecular weight excluding hydrogens is 260 g/mol. The van der Waals surface area contributed by atoms with Crippen LogP contribution in [0.2, 0.25) is 0 Å². The van der Waals surface area contributed by atoms with E-state index < -0.39 is 20.6 Å². The molecule has 1 aromatic rings. The smallest absolute Gasteiger partial charge is 0.293 e. The van der Waals surface area contributed by atoms with Crippen molar-refractivity contribution >= 4 is 15.7 Å². The standard InChI is InChI=1S/C10H14N2O5S/c1-3-6-11-18(15,16)10-5-4-8(17-2)7-9(10)12(13)14/h4-5,7,11H,3,6H2,1-2H3. The van der Waals surface area contributed by atoms with Crippen molar-refractivity contribution in [2.75, 3.05) is 13.7 Å². The van der Waals surface area contributed by atoms with Crippen LogP contribution >= 0.6 is 0 Å². The van der Waals surface area contributed by atoms with Gasteiger partial charge in [0.1, 0.15) is 5.75 Å². The minimum Gasteiger partial charge on any atom is -0.497 e. The Morgan fingerprint density at radius 1 is 1.44 bits per heavy atom. The number of sulfonamides is 1. The molecule has 1 aromatic carbocycles. The fourth-order valence-electron chi connectivity index (χ4n) is 1.31. The number of nitro groups is 1. The van der Waals surface area contributed by atoms with Crippen molar-refractivity contribution in [3.63, 3.8) is 0 Å². The second-order valence-corrected chi connectivity index (χ2v) is 5.22. The molecule has 0 unspecified atom stereocenters. The summed E-state index contributed by atoms with van der Waals surface area (Å²) in [5.41, 5.74) is -0.502. The molecule has 0 aliphatic rings. The molecule has 1 rings (SSSR count). The van der Waals surface area contributed by atoms with Gasteiger partial charge in [-0.2, -0.15) is 0 Å². The Morgan fingerprint density at radius 2 is 2.11 bits per heavy atom. The third-order valence-corrected chi connectivity index (χ3v) is 3.70. The predicted molar refractivity (Wildman–Crippen MR) is 65.1 cm³/mol.